The van der Waals surface area contributed by atoms with Crippen LogP contribution in [0.15, 0.2) is 18.2 Å². The number of carbonyl (C=O) groups is 1. The zero-order chi connectivity index (χ0) is 25.0. The summed E-state index contributed by atoms with van der Waals surface area (Å²) in [6.07, 6.45) is -2.70. The summed E-state index contributed by atoms with van der Waals surface area (Å²) in [5.74, 6) is -1.33. The molecule has 0 atom stereocenters. The summed E-state index contributed by atoms with van der Waals surface area (Å²) in [5, 5.41) is 2.82. The zero-order valence-corrected chi connectivity index (χ0v) is 19.5. The summed E-state index contributed by atoms with van der Waals surface area (Å²) in [6, 6.07) is 3.77. The number of hydrogen-bond acceptors (Lipinski definition) is 5. The van der Waals surface area contributed by atoms with Gasteiger partial charge in [-0.1, -0.05) is 18.2 Å². The van der Waals surface area contributed by atoms with Crippen LogP contribution in [-0.2, 0) is 24.4 Å². The molecule has 1 amide bonds. The molecule has 0 saturated carbocycles. The topological polar surface area (TPSA) is 61.4 Å². The fourth-order valence-corrected chi connectivity index (χ4v) is 4.25. The molecule has 1 fully saturated rings. The SMILES string of the molecule is CF.CN1CCC(F)(C(=O)N2Cc3nc(Cl)nc(NCc4cccc(C(F)F)c4F)c3C2)CC1. The molecule has 0 radical (unpaired) electrons. The number of nitrogens with one attached hydrogen (secondary N) is 1. The predicted octanol–water partition coefficient (Wildman–Crippen LogP) is 4.68. The minimum atomic E-state index is -2.93. The Morgan fingerprint density at radius 3 is 2.53 bits per heavy atom. The standard InChI is InChI=1S/C21H22ClF4N5O.CH3F/c1-30-7-5-21(26,6-8-30)19(32)31-10-14-15(11-31)28-20(22)29-18(14)27-9-12-3-2-4-13(16(12)23)17(24)25;1-2/h2-4,17H,5-11H2,1H3,(H,27,28,29);1H3. The zero-order valence-electron chi connectivity index (χ0n) is 18.7. The Hall–Kier alpha value is -2.53. The minimum Gasteiger partial charge on any atom is -0.365 e. The van der Waals surface area contributed by atoms with E-state index >= 15 is 4.39 Å². The average molecular weight is 506 g/mol. The number of benzene rings is 1. The van der Waals surface area contributed by atoms with Crippen LogP contribution in [0.4, 0.5) is 27.8 Å². The van der Waals surface area contributed by atoms with Gasteiger partial charge in [-0.25, -0.2) is 27.5 Å². The Morgan fingerprint density at radius 2 is 1.88 bits per heavy atom. The van der Waals surface area contributed by atoms with Crippen molar-refractivity contribution in [2.45, 2.75) is 44.6 Å². The van der Waals surface area contributed by atoms with Crippen molar-refractivity contribution in [3.05, 3.63) is 51.7 Å². The lowest BCUT2D eigenvalue weighted by Crippen LogP contribution is -2.50. The minimum absolute atomic E-state index is 0.0336. The average Bonchev–Trinajstić information content (AvgIpc) is 3.24. The van der Waals surface area contributed by atoms with Crippen LogP contribution in [-0.4, -0.2) is 58.7 Å². The van der Waals surface area contributed by atoms with Crippen LogP contribution < -0.4 is 5.32 Å². The second kappa shape index (κ2) is 10.8. The molecule has 12 heteroatoms. The highest BCUT2D eigenvalue weighted by atomic mass is 35.5. The summed E-state index contributed by atoms with van der Waals surface area (Å²) in [7, 11) is 2.38. The number of aromatic nitrogens is 2. The molecule has 3 heterocycles. The molecule has 0 bridgehead atoms. The molecule has 2 aromatic rings. The number of carbonyl (C=O) groups excluding carboxylic acids is 1. The number of hydrogen-bond donors (Lipinski definition) is 1. The quantitative estimate of drug-likeness (QED) is 0.472. The van der Waals surface area contributed by atoms with E-state index in [9.17, 15) is 22.4 Å². The molecule has 2 aliphatic rings. The van der Waals surface area contributed by atoms with Gasteiger partial charge in [0.25, 0.3) is 12.3 Å². The Kier molecular flexibility index (Phi) is 8.29. The van der Waals surface area contributed by atoms with Crippen LogP contribution >= 0.6 is 11.6 Å². The van der Waals surface area contributed by atoms with Crippen LogP contribution in [0.2, 0.25) is 5.28 Å². The molecule has 1 aromatic heterocycles. The highest BCUT2D eigenvalue weighted by Gasteiger charge is 2.45. The maximum absolute atomic E-state index is 15.3. The van der Waals surface area contributed by atoms with E-state index in [1.807, 2.05) is 11.9 Å². The molecule has 0 spiro atoms. The number of fused-ring (bicyclic) bond motifs is 1. The molecular weight excluding hydrogens is 481 g/mol. The van der Waals surface area contributed by atoms with Crippen LogP contribution in [0.25, 0.3) is 0 Å². The highest BCUT2D eigenvalue weighted by molar-refractivity contribution is 6.28. The van der Waals surface area contributed by atoms with Gasteiger partial charge in [-0.2, -0.15) is 0 Å². The lowest BCUT2D eigenvalue weighted by Gasteiger charge is -2.35. The maximum Gasteiger partial charge on any atom is 0.266 e. The van der Waals surface area contributed by atoms with Gasteiger partial charge in [-0.3, -0.25) is 9.18 Å². The Bertz CT molecular complexity index is 1030. The van der Waals surface area contributed by atoms with Gasteiger partial charge in [0, 0.05) is 43.6 Å². The summed E-state index contributed by atoms with van der Waals surface area (Å²) >= 11 is 6.01. The molecule has 4 rings (SSSR count). The van der Waals surface area contributed by atoms with Crippen molar-refractivity contribution < 1.29 is 26.7 Å². The van der Waals surface area contributed by atoms with E-state index in [-0.39, 0.29) is 49.1 Å². The predicted molar refractivity (Wildman–Crippen MR) is 118 cm³/mol. The lowest BCUT2D eigenvalue weighted by molar-refractivity contribution is -0.147. The van der Waals surface area contributed by atoms with Gasteiger partial charge in [0.05, 0.1) is 31.5 Å². The number of rotatable bonds is 5. The van der Waals surface area contributed by atoms with Crippen molar-refractivity contribution in [3.63, 3.8) is 0 Å². The number of nitrogens with zero attached hydrogens (tertiary/aromatic N) is 4. The lowest BCUT2D eigenvalue weighted by atomic mass is 9.92. The smallest absolute Gasteiger partial charge is 0.266 e. The summed E-state index contributed by atoms with van der Waals surface area (Å²) in [4.78, 5) is 24.5. The van der Waals surface area contributed by atoms with Crippen LogP contribution in [0.3, 0.4) is 0 Å². The van der Waals surface area contributed by atoms with Crippen molar-refractivity contribution in [1.29, 1.82) is 0 Å². The number of amides is 1. The van der Waals surface area contributed by atoms with E-state index in [1.54, 1.807) is 0 Å². The monoisotopic (exact) mass is 505 g/mol. The van der Waals surface area contributed by atoms with Gasteiger partial charge in [0.1, 0.15) is 11.6 Å². The van der Waals surface area contributed by atoms with E-state index in [0.717, 1.165) is 6.07 Å². The fraction of sp³-hybridized carbons (Fsp3) is 0.500. The first-order valence-electron chi connectivity index (χ1n) is 10.6. The molecule has 1 aromatic carbocycles. The van der Waals surface area contributed by atoms with E-state index in [2.05, 4.69) is 15.3 Å². The highest BCUT2D eigenvalue weighted by Crippen LogP contribution is 2.34. The Morgan fingerprint density at radius 1 is 1.21 bits per heavy atom. The summed E-state index contributed by atoms with van der Waals surface area (Å²) in [5.41, 5.74) is -1.56. The first kappa shape index (κ1) is 26.1. The number of piperidine rings is 1. The maximum atomic E-state index is 15.3. The summed E-state index contributed by atoms with van der Waals surface area (Å²) in [6.45, 7) is 1.02. The van der Waals surface area contributed by atoms with E-state index < -0.39 is 29.4 Å². The van der Waals surface area contributed by atoms with Crippen molar-refractivity contribution >= 4 is 23.3 Å². The Labute approximate surface area is 199 Å². The normalized spacial score (nSPS) is 17.3. The van der Waals surface area contributed by atoms with Crippen molar-refractivity contribution in [3.8, 4) is 0 Å². The number of anilines is 1. The van der Waals surface area contributed by atoms with E-state index in [4.69, 9.17) is 11.6 Å². The third-order valence-corrected chi connectivity index (χ3v) is 6.16. The molecular formula is C22H25ClF5N5O. The van der Waals surface area contributed by atoms with Crippen LogP contribution in [0, 0.1) is 5.82 Å². The second-order valence-corrected chi connectivity index (χ2v) is 8.51. The number of alkyl halides is 4. The second-order valence-electron chi connectivity index (χ2n) is 8.17. The molecule has 34 heavy (non-hydrogen) atoms. The first-order valence-corrected chi connectivity index (χ1v) is 10.9. The van der Waals surface area contributed by atoms with Gasteiger partial charge < -0.3 is 15.1 Å². The van der Waals surface area contributed by atoms with Gasteiger partial charge >= 0.3 is 0 Å². The van der Waals surface area contributed by atoms with Crippen LogP contribution in [0.5, 0.6) is 0 Å². The van der Waals surface area contributed by atoms with Crippen molar-refractivity contribution in [2.75, 3.05) is 32.6 Å². The number of halogens is 6. The molecule has 186 valence electrons. The van der Waals surface area contributed by atoms with E-state index in [0.29, 0.717) is 31.5 Å². The third-order valence-electron chi connectivity index (χ3n) is 6.00. The van der Waals surface area contributed by atoms with Gasteiger partial charge in [0.2, 0.25) is 5.28 Å². The van der Waals surface area contributed by atoms with Gasteiger partial charge in [-0.05, 0) is 18.6 Å². The molecule has 1 saturated heterocycles. The van der Waals surface area contributed by atoms with Gasteiger partial charge in [-0.15, -0.1) is 0 Å². The largest absolute Gasteiger partial charge is 0.365 e. The van der Waals surface area contributed by atoms with Crippen LogP contribution in [0.1, 0.15) is 41.7 Å². The molecule has 1 N–H and O–H groups in total. The van der Waals surface area contributed by atoms with Gasteiger partial charge in [0.15, 0.2) is 5.67 Å². The third kappa shape index (κ3) is 5.41. The first-order chi connectivity index (χ1) is 16.2. The molecule has 6 nitrogen and oxygen atoms in total. The molecule has 2 aliphatic heterocycles. The summed E-state index contributed by atoms with van der Waals surface area (Å²) < 4.78 is 65.1. The molecule has 0 aliphatic carbocycles. The number of likely N-dealkylation sites (tertiary alicyclic amines) is 1. The fourth-order valence-electron chi connectivity index (χ4n) is 4.07. The van der Waals surface area contributed by atoms with Crippen molar-refractivity contribution in [2.24, 2.45) is 0 Å². The Balaban J connectivity index is 0.00000158. The van der Waals surface area contributed by atoms with Crippen molar-refractivity contribution in [1.82, 2.24) is 19.8 Å². The molecule has 0 unspecified atom stereocenters. The van der Waals surface area contributed by atoms with E-state index in [1.165, 1.54) is 17.0 Å².